The largest absolute Gasteiger partial charge is 0.445 e. The molecule has 1 aromatic heterocycles. The third kappa shape index (κ3) is 4.35. The van der Waals surface area contributed by atoms with Crippen molar-refractivity contribution in [1.29, 1.82) is 0 Å². The molecular weight excluding hydrogens is 397 g/mol. The van der Waals surface area contributed by atoms with Gasteiger partial charge >= 0.3 is 17.9 Å². The molecule has 2 aliphatic heterocycles. The summed E-state index contributed by atoms with van der Waals surface area (Å²) in [6.07, 6.45) is 0.991. The van der Waals surface area contributed by atoms with E-state index in [1.54, 1.807) is 21.6 Å². The fourth-order valence-corrected chi connectivity index (χ4v) is 3.74. The first-order chi connectivity index (χ1) is 14.3. The molecule has 0 bridgehead atoms. The van der Waals surface area contributed by atoms with Gasteiger partial charge in [-0.15, -0.1) is 0 Å². The van der Waals surface area contributed by atoms with Crippen LogP contribution >= 0.6 is 0 Å². The number of halogens is 1. The Morgan fingerprint density at radius 3 is 2.63 bits per heavy atom. The van der Waals surface area contributed by atoms with Crippen molar-refractivity contribution < 1.29 is 23.6 Å². The molecule has 1 fully saturated rings. The van der Waals surface area contributed by atoms with E-state index in [4.69, 9.17) is 9.47 Å². The van der Waals surface area contributed by atoms with Crippen molar-refractivity contribution in [2.24, 2.45) is 0 Å². The van der Waals surface area contributed by atoms with Crippen molar-refractivity contribution in [1.82, 2.24) is 19.4 Å². The van der Waals surface area contributed by atoms with Crippen LogP contribution in [0.5, 0.6) is 6.01 Å². The number of hydrogen-bond acceptors (Lipinski definition) is 7. The van der Waals surface area contributed by atoms with E-state index in [0.717, 1.165) is 5.56 Å². The third-order valence-corrected chi connectivity index (χ3v) is 5.22. The second kappa shape index (κ2) is 7.90. The monoisotopic (exact) mass is 419 g/mol. The maximum absolute atomic E-state index is 12.9. The number of nitrogens with zero attached hydrogens (tertiary/aromatic N) is 5. The minimum Gasteiger partial charge on any atom is -0.445 e. The lowest BCUT2D eigenvalue weighted by Crippen LogP contribution is -2.53. The van der Waals surface area contributed by atoms with Gasteiger partial charge in [-0.1, -0.05) is 12.1 Å². The Labute approximate surface area is 171 Å². The Bertz CT molecular complexity index is 916. The lowest BCUT2D eigenvalue weighted by atomic mass is 10.1. The maximum atomic E-state index is 12.9. The van der Waals surface area contributed by atoms with Crippen molar-refractivity contribution in [2.45, 2.75) is 25.7 Å². The van der Waals surface area contributed by atoms with Gasteiger partial charge in [-0.2, -0.15) is 0 Å². The highest BCUT2D eigenvalue weighted by molar-refractivity contribution is 5.67. The summed E-state index contributed by atoms with van der Waals surface area (Å²) in [6, 6.07) is 6.09. The van der Waals surface area contributed by atoms with E-state index in [1.165, 1.54) is 18.3 Å². The zero-order chi connectivity index (χ0) is 21.3. The van der Waals surface area contributed by atoms with Crippen LogP contribution in [0.1, 0.15) is 12.5 Å². The zero-order valence-electron chi connectivity index (χ0n) is 16.5. The van der Waals surface area contributed by atoms with E-state index >= 15 is 0 Å². The molecule has 11 heteroatoms. The smallest absolute Gasteiger partial charge is 0.415 e. The summed E-state index contributed by atoms with van der Waals surface area (Å²) in [5.74, 6) is -0.553. The highest BCUT2D eigenvalue weighted by Crippen LogP contribution is 2.31. The summed E-state index contributed by atoms with van der Waals surface area (Å²) in [4.78, 5) is 30.3. The van der Waals surface area contributed by atoms with Gasteiger partial charge in [0.05, 0.1) is 6.54 Å². The van der Waals surface area contributed by atoms with E-state index in [1.807, 2.05) is 6.92 Å². The van der Waals surface area contributed by atoms with Crippen LogP contribution in [-0.4, -0.2) is 68.7 Å². The summed E-state index contributed by atoms with van der Waals surface area (Å²) < 4.78 is 25.8. The maximum Gasteiger partial charge on any atom is 0.415 e. The zero-order valence-corrected chi connectivity index (χ0v) is 16.5. The average molecular weight is 419 g/mol. The molecule has 1 saturated heterocycles. The van der Waals surface area contributed by atoms with Crippen molar-refractivity contribution >= 4 is 11.9 Å². The number of hydrogen-bond donors (Lipinski definition) is 0. The fraction of sp³-hybridized carbons (Fsp3) is 0.474. The number of imidazole rings is 1. The molecule has 30 heavy (non-hydrogen) atoms. The number of ether oxygens (including phenoxy) is 2. The number of aromatic nitrogens is 2. The Morgan fingerprint density at radius 2 is 2.00 bits per heavy atom. The molecule has 2 aromatic rings. The third-order valence-electron chi connectivity index (χ3n) is 5.22. The van der Waals surface area contributed by atoms with Gasteiger partial charge in [0, 0.05) is 37.7 Å². The van der Waals surface area contributed by atoms with E-state index in [2.05, 4.69) is 9.88 Å². The van der Waals surface area contributed by atoms with Crippen LogP contribution in [-0.2, 0) is 17.9 Å². The normalized spacial score (nSPS) is 21.2. The first-order valence-electron chi connectivity index (χ1n) is 9.60. The van der Waals surface area contributed by atoms with Gasteiger partial charge in [0.25, 0.3) is 0 Å². The first-order valence-corrected chi connectivity index (χ1v) is 9.60. The quantitative estimate of drug-likeness (QED) is 0.540. The Kier molecular flexibility index (Phi) is 5.29. The second-order valence-electron chi connectivity index (χ2n) is 7.76. The van der Waals surface area contributed by atoms with Crippen LogP contribution in [0.2, 0.25) is 0 Å². The number of carbonyl (C=O) groups excluding carboxylic acids is 1. The average Bonchev–Trinajstić information content (AvgIpc) is 3.23. The molecule has 2 aliphatic rings. The van der Waals surface area contributed by atoms with Gasteiger partial charge in [0.1, 0.15) is 24.2 Å². The summed E-state index contributed by atoms with van der Waals surface area (Å²) >= 11 is 0. The minimum atomic E-state index is -0.541. The first kappa shape index (κ1) is 20.1. The van der Waals surface area contributed by atoms with Crippen molar-refractivity contribution in [2.75, 3.05) is 32.7 Å². The minimum absolute atomic E-state index is 0.100. The highest BCUT2D eigenvalue weighted by atomic mass is 19.1. The molecule has 160 valence electrons. The van der Waals surface area contributed by atoms with Crippen LogP contribution in [0, 0.1) is 15.9 Å². The molecule has 0 aliphatic carbocycles. The lowest BCUT2D eigenvalue weighted by Gasteiger charge is -2.37. The lowest BCUT2D eigenvalue weighted by molar-refractivity contribution is -0.389. The second-order valence-corrected chi connectivity index (χ2v) is 7.76. The van der Waals surface area contributed by atoms with E-state index in [0.29, 0.717) is 39.3 Å². The van der Waals surface area contributed by atoms with Crippen molar-refractivity contribution in [3.05, 3.63) is 52.0 Å². The molecule has 10 nitrogen and oxygen atoms in total. The molecule has 1 amide bonds. The number of rotatable bonds is 5. The topological polar surface area (TPSA) is 103 Å². The van der Waals surface area contributed by atoms with E-state index in [9.17, 15) is 19.3 Å². The molecule has 1 aromatic carbocycles. The standard InChI is InChI=1S/C19H22FN5O5/c1-19(13-24-10-16(25(27)28)21-17(24)30-19)12-22-6-8-23(9-7-22)18(26)29-11-14-2-4-15(20)5-3-14/h2-5,10H,6-9,11-13H2,1H3/t19-/m1/s1. The molecule has 0 spiro atoms. The van der Waals surface area contributed by atoms with Crippen LogP contribution in [0.3, 0.4) is 0 Å². The van der Waals surface area contributed by atoms with Gasteiger partial charge < -0.3 is 24.5 Å². The molecular formula is C19H22FN5O5. The van der Waals surface area contributed by atoms with Gasteiger partial charge in [-0.3, -0.25) is 9.47 Å². The van der Waals surface area contributed by atoms with E-state index in [-0.39, 0.29) is 24.3 Å². The summed E-state index contributed by atoms with van der Waals surface area (Å²) in [5.41, 5.74) is 0.190. The molecule has 0 N–H and O–H groups in total. The SMILES string of the molecule is C[C@@]1(CN2CCN(C(=O)OCc3ccc(F)cc3)CC2)Cn2cc([N+](=O)[O-])nc2O1. The van der Waals surface area contributed by atoms with Crippen LogP contribution in [0.4, 0.5) is 15.0 Å². The molecule has 0 saturated carbocycles. The fourth-order valence-electron chi connectivity index (χ4n) is 3.74. The predicted octanol–water partition coefficient (Wildman–Crippen LogP) is 2.04. The van der Waals surface area contributed by atoms with Crippen molar-refractivity contribution in [3.8, 4) is 6.01 Å². The summed E-state index contributed by atoms with van der Waals surface area (Å²) in [5, 5.41) is 10.8. The van der Waals surface area contributed by atoms with Gasteiger partial charge in [0.15, 0.2) is 0 Å². The highest BCUT2D eigenvalue weighted by Gasteiger charge is 2.42. The molecule has 1 atom stereocenters. The molecule has 0 unspecified atom stereocenters. The number of nitro groups is 1. The number of fused-ring (bicyclic) bond motifs is 1. The van der Waals surface area contributed by atoms with Crippen LogP contribution < -0.4 is 4.74 Å². The number of piperazine rings is 1. The Balaban J connectivity index is 1.23. The Morgan fingerprint density at radius 1 is 1.30 bits per heavy atom. The van der Waals surface area contributed by atoms with Crippen LogP contribution in [0.15, 0.2) is 30.5 Å². The van der Waals surface area contributed by atoms with Crippen molar-refractivity contribution in [3.63, 3.8) is 0 Å². The summed E-state index contributed by atoms with van der Waals surface area (Å²) in [6.45, 7) is 5.49. The van der Waals surface area contributed by atoms with Gasteiger partial charge in [-0.05, 0) is 29.5 Å². The van der Waals surface area contributed by atoms with E-state index < -0.39 is 16.6 Å². The number of carbonyl (C=O) groups is 1. The number of benzene rings is 1. The van der Waals surface area contributed by atoms with Crippen LogP contribution in [0.25, 0.3) is 0 Å². The molecule has 0 radical (unpaired) electrons. The summed E-state index contributed by atoms with van der Waals surface area (Å²) in [7, 11) is 0. The number of amides is 1. The Hall–Kier alpha value is -3.21. The van der Waals surface area contributed by atoms with Gasteiger partial charge in [-0.25, -0.2) is 9.18 Å². The molecule has 3 heterocycles. The predicted molar refractivity (Wildman–Crippen MR) is 103 cm³/mol. The van der Waals surface area contributed by atoms with Gasteiger partial charge in [0.2, 0.25) is 0 Å². The molecule has 4 rings (SSSR count).